The number of furan rings is 1. The maximum atomic E-state index is 13.8. The standard InChI is InChI=1S/C21H16FN5O3/c22-13-10-17(19-18(11-13)23-7-8-24-19)20(28)26-14-3-5-15(6-4-14)27-21(29)25-12-16-2-1-9-30-16/h1-11H,12H2,(H,26,28)(H2,25,27,29). The Bertz CT molecular complexity index is 1190. The zero-order valence-corrected chi connectivity index (χ0v) is 15.6. The minimum atomic E-state index is -0.576. The van der Waals surface area contributed by atoms with E-state index in [1.165, 1.54) is 24.7 Å². The van der Waals surface area contributed by atoms with Crippen molar-refractivity contribution in [2.45, 2.75) is 6.54 Å². The van der Waals surface area contributed by atoms with Crippen LogP contribution in [0.4, 0.5) is 20.6 Å². The van der Waals surface area contributed by atoms with Gasteiger partial charge in [-0.15, -0.1) is 0 Å². The highest BCUT2D eigenvalue weighted by molar-refractivity contribution is 6.11. The summed E-state index contributed by atoms with van der Waals surface area (Å²) in [6.45, 7) is 0.261. The third-order valence-electron chi connectivity index (χ3n) is 4.19. The van der Waals surface area contributed by atoms with Crippen molar-refractivity contribution in [3.63, 3.8) is 0 Å². The summed E-state index contributed by atoms with van der Waals surface area (Å²) in [6, 6.07) is 11.9. The Balaban J connectivity index is 1.40. The summed E-state index contributed by atoms with van der Waals surface area (Å²) in [6.07, 6.45) is 4.40. The molecule has 150 valence electrons. The molecule has 0 saturated carbocycles. The molecule has 0 unspecified atom stereocenters. The fourth-order valence-corrected chi connectivity index (χ4v) is 2.80. The topological polar surface area (TPSA) is 109 Å². The van der Waals surface area contributed by atoms with E-state index in [1.54, 1.807) is 36.4 Å². The Morgan fingerprint density at radius 3 is 2.43 bits per heavy atom. The number of benzene rings is 2. The molecule has 2 heterocycles. The number of carbonyl (C=O) groups is 2. The van der Waals surface area contributed by atoms with Crippen LogP contribution in [0.2, 0.25) is 0 Å². The molecule has 4 aromatic rings. The van der Waals surface area contributed by atoms with Gasteiger partial charge in [-0.2, -0.15) is 0 Å². The van der Waals surface area contributed by atoms with E-state index in [0.29, 0.717) is 28.2 Å². The average Bonchev–Trinajstić information content (AvgIpc) is 3.27. The molecule has 3 amide bonds. The number of hydrogen-bond acceptors (Lipinski definition) is 5. The van der Waals surface area contributed by atoms with Crippen molar-refractivity contribution in [2.24, 2.45) is 0 Å². The second-order valence-electron chi connectivity index (χ2n) is 6.30. The van der Waals surface area contributed by atoms with Crippen LogP contribution in [-0.2, 0) is 6.54 Å². The highest BCUT2D eigenvalue weighted by atomic mass is 19.1. The van der Waals surface area contributed by atoms with E-state index >= 15 is 0 Å². The van der Waals surface area contributed by atoms with E-state index in [0.717, 1.165) is 6.07 Å². The van der Waals surface area contributed by atoms with Crippen molar-refractivity contribution in [1.82, 2.24) is 15.3 Å². The molecule has 2 aromatic carbocycles. The maximum absolute atomic E-state index is 13.8. The molecule has 0 fully saturated rings. The third kappa shape index (κ3) is 4.41. The number of amides is 3. The van der Waals surface area contributed by atoms with E-state index in [2.05, 4.69) is 25.9 Å². The number of halogens is 1. The maximum Gasteiger partial charge on any atom is 0.319 e. The lowest BCUT2D eigenvalue weighted by molar-refractivity contribution is 0.102. The van der Waals surface area contributed by atoms with Gasteiger partial charge in [0.05, 0.1) is 23.9 Å². The van der Waals surface area contributed by atoms with Gasteiger partial charge in [-0.1, -0.05) is 0 Å². The molecule has 0 spiro atoms. The van der Waals surface area contributed by atoms with Gasteiger partial charge >= 0.3 is 6.03 Å². The smallest absolute Gasteiger partial charge is 0.319 e. The van der Waals surface area contributed by atoms with E-state index in [-0.39, 0.29) is 12.1 Å². The Labute approximate surface area is 170 Å². The zero-order chi connectivity index (χ0) is 20.9. The van der Waals surface area contributed by atoms with Gasteiger partial charge in [-0.3, -0.25) is 14.8 Å². The third-order valence-corrected chi connectivity index (χ3v) is 4.19. The van der Waals surface area contributed by atoms with Gasteiger partial charge in [0.15, 0.2) is 0 Å². The minimum Gasteiger partial charge on any atom is -0.467 e. The molecule has 2 aromatic heterocycles. The van der Waals surface area contributed by atoms with Crippen LogP contribution in [-0.4, -0.2) is 21.9 Å². The number of fused-ring (bicyclic) bond motifs is 1. The second-order valence-corrected chi connectivity index (χ2v) is 6.30. The van der Waals surface area contributed by atoms with Gasteiger partial charge in [0.2, 0.25) is 0 Å². The van der Waals surface area contributed by atoms with Gasteiger partial charge in [0, 0.05) is 29.8 Å². The predicted molar refractivity (Wildman–Crippen MR) is 108 cm³/mol. The van der Waals surface area contributed by atoms with Crippen molar-refractivity contribution in [2.75, 3.05) is 10.6 Å². The number of carbonyl (C=O) groups excluding carboxylic acids is 2. The van der Waals surface area contributed by atoms with Crippen molar-refractivity contribution in [3.8, 4) is 0 Å². The van der Waals surface area contributed by atoms with Gasteiger partial charge in [0.25, 0.3) is 5.91 Å². The van der Waals surface area contributed by atoms with Crippen molar-refractivity contribution >= 4 is 34.3 Å². The van der Waals surface area contributed by atoms with E-state index < -0.39 is 17.8 Å². The van der Waals surface area contributed by atoms with Crippen LogP contribution in [0.5, 0.6) is 0 Å². The van der Waals surface area contributed by atoms with E-state index in [1.807, 2.05) is 0 Å². The molecule has 30 heavy (non-hydrogen) atoms. The van der Waals surface area contributed by atoms with E-state index in [4.69, 9.17) is 4.42 Å². The lowest BCUT2D eigenvalue weighted by atomic mass is 10.1. The predicted octanol–water partition coefficient (Wildman–Crippen LogP) is 3.94. The molecular formula is C21H16FN5O3. The molecule has 0 aliphatic rings. The quantitative estimate of drug-likeness (QED) is 0.466. The van der Waals surface area contributed by atoms with E-state index in [9.17, 15) is 14.0 Å². The van der Waals surface area contributed by atoms with Gasteiger partial charge in [-0.25, -0.2) is 9.18 Å². The second kappa shape index (κ2) is 8.39. The highest BCUT2D eigenvalue weighted by Crippen LogP contribution is 2.19. The molecule has 0 bridgehead atoms. The van der Waals surface area contributed by atoms with Gasteiger partial charge < -0.3 is 20.4 Å². The van der Waals surface area contributed by atoms with Crippen molar-refractivity contribution in [1.29, 1.82) is 0 Å². The minimum absolute atomic E-state index is 0.0811. The number of anilines is 2. The fourth-order valence-electron chi connectivity index (χ4n) is 2.80. The summed E-state index contributed by atoms with van der Waals surface area (Å²) in [5.74, 6) is -0.456. The summed E-state index contributed by atoms with van der Waals surface area (Å²) >= 11 is 0. The van der Waals surface area contributed by atoms with Crippen molar-refractivity contribution < 1.29 is 18.4 Å². The molecule has 9 heteroatoms. The molecule has 4 rings (SSSR count). The van der Waals surface area contributed by atoms with Crippen molar-refractivity contribution in [3.05, 3.63) is 84.3 Å². The number of rotatable bonds is 5. The number of nitrogens with one attached hydrogen (secondary N) is 3. The summed E-state index contributed by atoms with van der Waals surface area (Å²) in [5.41, 5.74) is 1.69. The molecular weight excluding hydrogens is 389 g/mol. The largest absolute Gasteiger partial charge is 0.467 e. The average molecular weight is 405 g/mol. The molecule has 0 atom stereocenters. The van der Waals surface area contributed by atoms with Crippen LogP contribution in [0, 0.1) is 5.82 Å². The molecule has 0 radical (unpaired) electrons. The lowest BCUT2D eigenvalue weighted by Gasteiger charge is -2.10. The van der Waals surface area contributed by atoms with Crippen LogP contribution in [0.3, 0.4) is 0 Å². The van der Waals surface area contributed by atoms with Crippen LogP contribution >= 0.6 is 0 Å². The first kappa shape index (κ1) is 19.1. The Kier molecular flexibility index (Phi) is 5.33. The number of aromatic nitrogens is 2. The Morgan fingerprint density at radius 1 is 0.967 bits per heavy atom. The summed E-state index contributed by atoms with van der Waals surface area (Å²) < 4.78 is 19.0. The molecule has 0 aliphatic carbocycles. The van der Waals surface area contributed by atoms with Gasteiger partial charge in [-0.05, 0) is 42.5 Å². The fraction of sp³-hybridized carbons (Fsp3) is 0.0476. The van der Waals surface area contributed by atoms with Crippen LogP contribution in [0.25, 0.3) is 11.0 Å². The molecule has 0 aliphatic heterocycles. The first-order valence-electron chi connectivity index (χ1n) is 8.97. The van der Waals surface area contributed by atoms with Crippen LogP contribution in [0.1, 0.15) is 16.1 Å². The van der Waals surface area contributed by atoms with Crippen LogP contribution in [0.15, 0.2) is 71.6 Å². The highest BCUT2D eigenvalue weighted by Gasteiger charge is 2.14. The zero-order valence-electron chi connectivity index (χ0n) is 15.6. The van der Waals surface area contributed by atoms with Gasteiger partial charge in [0.1, 0.15) is 17.1 Å². The summed E-state index contributed by atoms with van der Waals surface area (Å²) in [5, 5.41) is 8.03. The molecule has 0 saturated heterocycles. The first-order chi connectivity index (χ1) is 14.6. The summed E-state index contributed by atoms with van der Waals surface area (Å²) in [7, 11) is 0. The summed E-state index contributed by atoms with van der Waals surface area (Å²) in [4.78, 5) is 32.7. The van der Waals surface area contributed by atoms with Crippen LogP contribution < -0.4 is 16.0 Å². The lowest BCUT2D eigenvalue weighted by Crippen LogP contribution is -2.27. The monoisotopic (exact) mass is 405 g/mol. The normalized spacial score (nSPS) is 10.6. The Morgan fingerprint density at radius 2 is 1.70 bits per heavy atom. The SMILES string of the molecule is O=C(NCc1ccco1)Nc1ccc(NC(=O)c2cc(F)cc3nccnc23)cc1. The molecule has 8 nitrogen and oxygen atoms in total. The molecule has 3 N–H and O–H groups in total. The number of hydrogen-bond donors (Lipinski definition) is 3. The number of nitrogens with zero attached hydrogens (tertiary/aromatic N) is 2. The Hall–Kier alpha value is -4.27. The number of urea groups is 1. The first-order valence-corrected chi connectivity index (χ1v) is 8.97.